The fourth-order valence-electron chi connectivity index (χ4n) is 1.84. The second-order valence-corrected chi connectivity index (χ2v) is 4.39. The Labute approximate surface area is 87.6 Å². The fourth-order valence-corrected chi connectivity index (χ4v) is 2.90. The van der Waals surface area contributed by atoms with Crippen LogP contribution in [0.5, 0.6) is 0 Å². The van der Waals surface area contributed by atoms with Gasteiger partial charge in [0.15, 0.2) is 0 Å². The van der Waals surface area contributed by atoms with Gasteiger partial charge in [-0.05, 0) is 18.8 Å². The van der Waals surface area contributed by atoms with Crippen molar-refractivity contribution in [3.63, 3.8) is 0 Å². The molecular formula is C9H16INO. The highest BCUT2D eigenvalue weighted by Crippen LogP contribution is 2.25. The predicted octanol–water partition coefficient (Wildman–Crippen LogP) is 2.12. The van der Waals surface area contributed by atoms with Crippen LogP contribution in [0.25, 0.3) is 0 Å². The molecule has 0 bridgehead atoms. The third-order valence-corrected chi connectivity index (χ3v) is 3.63. The van der Waals surface area contributed by atoms with Crippen molar-refractivity contribution in [3.05, 3.63) is 0 Å². The van der Waals surface area contributed by atoms with Gasteiger partial charge in [0.05, 0.1) is 0 Å². The molecule has 1 aliphatic rings. The zero-order valence-corrected chi connectivity index (χ0v) is 9.63. The summed E-state index contributed by atoms with van der Waals surface area (Å²) in [6.07, 6.45) is 5.07. The maximum Gasteiger partial charge on any atom is 0.217 e. The number of nitrogens with one attached hydrogen (secondary N) is 1. The molecular weight excluding hydrogens is 265 g/mol. The number of hydrogen-bond acceptors (Lipinski definition) is 1. The fraction of sp³-hybridized carbons (Fsp3) is 0.889. The minimum Gasteiger partial charge on any atom is -0.353 e. The van der Waals surface area contributed by atoms with Gasteiger partial charge in [-0.25, -0.2) is 0 Å². The minimum absolute atomic E-state index is 0.122. The molecule has 3 heteroatoms. The molecule has 1 fully saturated rings. The van der Waals surface area contributed by atoms with E-state index in [2.05, 4.69) is 27.9 Å². The van der Waals surface area contributed by atoms with Crippen molar-refractivity contribution in [2.24, 2.45) is 5.92 Å². The number of halogens is 1. The van der Waals surface area contributed by atoms with E-state index in [1.54, 1.807) is 6.92 Å². The zero-order chi connectivity index (χ0) is 8.97. The van der Waals surface area contributed by atoms with Crippen LogP contribution in [-0.2, 0) is 4.79 Å². The lowest BCUT2D eigenvalue weighted by Gasteiger charge is -2.30. The predicted molar refractivity (Wildman–Crippen MR) is 58.4 cm³/mol. The molecule has 0 aromatic carbocycles. The van der Waals surface area contributed by atoms with Crippen molar-refractivity contribution in [2.75, 3.05) is 4.43 Å². The van der Waals surface area contributed by atoms with Crippen molar-refractivity contribution in [1.82, 2.24) is 5.32 Å². The molecule has 0 aliphatic heterocycles. The number of alkyl halides is 1. The third kappa shape index (κ3) is 2.92. The van der Waals surface area contributed by atoms with Crippen LogP contribution in [0.2, 0.25) is 0 Å². The molecule has 0 spiro atoms. The van der Waals surface area contributed by atoms with Crippen LogP contribution in [0.3, 0.4) is 0 Å². The molecule has 0 heterocycles. The molecule has 1 amide bonds. The van der Waals surface area contributed by atoms with Crippen LogP contribution >= 0.6 is 22.6 Å². The quantitative estimate of drug-likeness (QED) is 0.609. The molecule has 12 heavy (non-hydrogen) atoms. The molecule has 0 saturated heterocycles. The first-order valence-corrected chi connectivity index (χ1v) is 6.09. The standard InChI is InChI=1S/C9H16INO/c1-7(12)11-9-5-3-2-4-8(9)6-10/h8-9H,2-6H2,1H3,(H,11,12). The van der Waals surface area contributed by atoms with Gasteiger partial charge in [-0.3, -0.25) is 4.79 Å². The Bertz CT molecular complexity index is 161. The Hall–Kier alpha value is 0.200. The van der Waals surface area contributed by atoms with E-state index in [0.29, 0.717) is 12.0 Å². The lowest BCUT2D eigenvalue weighted by Crippen LogP contribution is -2.41. The van der Waals surface area contributed by atoms with Crippen molar-refractivity contribution >= 4 is 28.5 Å². The second kappa shape index (κ2) is 5.04. The van der Waals surface area contributed by atoms with Gasteiger partial charge in [-0.15, -0.1) is 0 Å². The van der Waals surface area contributed by atoms with Crippen LogP contribution in [0.15, 0.2) is 0 Å². The van der Waals surface area contributed by atoms with Crippen molar-refractivity contribution in [2.45, 2.75) is 38.6 Å². The summed E-state index contributed by atoms with van der Waals surface area (Å²) in [5, 5.41) is 3.04. The number of carbonyl (C=O) groups excluding carboxylic acids is 1. The van der Waals surface area contributed by atoms with E-state index >= 15 is 0 Å². The summed E-state index contributed by atoms with van der Waals surface area (Å²) in [4.78, 5) is 10.9. The largest absolute Gasteiger partial charge is 0.353 e. The molecule has 0 radical (unpaired) electrons. The van der Waals surface area contributed by atoms with Gasteiger partial charge in [-0.1, -0.05) is 35.4 Å². The van der Waals surface area contributed by atoms with E-state index in [1.807, 2.05) is 0 Å². The molecule has 1 saturated carbocycles. The van der Waals surface area contributed by atoms with Crippen molar-refractivity contribution < 1.29 is 4.79 Å². The van der Waals surface area contributed by atoms with Crippen LogP contribution in [0, 0.1) is 5.92 Å². The first-order chi connectivity index (χ1) is 5.74. The Morgan fingerprint density at radius 2 is 2.17 bits per heavy atom. The van der Waals surface area contributed by atoms with Gasteiger partial charge >= 0.3 is 0 Å². The summed E-state index contributed by atoms with van der Waals surface area (Å²) in [6.45, 7) is 1.61. The maximum atomic E-state index is 10.9. The van der Waals surface area contributed by atoms with Crippen LogP contribution < -0.4 is 5.32 Å². The van der Waals surface area contributed by atoms with Crippen LogP contribution in [0.4, 0.5) is 0 Å². The van der Waals surface area contributed by atoms with E-state index in [4.69, 9.17) is 0 Å². The molecule has 0 aromatic rings. The molecule has 1 aliphatic carbocycles. The molecule has 2 atom stereocenters. The average molecular weight is 281 g/mol. The van der Waals surface area contributed by atoms with Crippen molar-refractivity contribution in [3.8, 4) is 0 Å². The molecule has 0 aromatic heterocycles. The lowest BCUT2D eigenvalue weighted by molar-refractivity contribution is -0.120. The van der Waals surface area contributed by atoms with E-state index < -0.39 is 0 Å². The third-order valence-electron chi connectivity index (χ3n) is 2.50. The molecule has 2 nitrogen and oxygen atoms in total. The Kier molecular flexibility index (Phi) is 4.32. The summed E-state index contributed by atoms with van der Waals surface area (Å²) >= 11 is 2.42. The second-order valence-electron chi connectivity index (χ2n) is 3.51. The summed E-state index contributed by atoms with van der Waals surface area (Å²) in [5.41, 5.74) is 0. The van der Waals surface area contributed by atoms with E-state index in [0.717, 1.165) is 0 Å². The number of rotatable bonds is 2. The van der Waals surface area contributed by atoms with Gasteiger partial charge in [0.1, 0.15) is 0 Å². The van der Waals surface area contributed by atoms with E-state index in [1.165, 1.54) is 30.1 Å². The zero-order valence-electron chi connectivity index (χ0n) is 7.48. The van der Waals surface area contributed by atoms with Crippen LogP contribution in [0.1, 0.15) is 32.6 Å². The van der Waals surface area contributed by atoms with Gasteiger partial charge in [0.25, 0.3) is 0 Å². The first kappa shape index (κ1) is 10.3. The van der Waals surface area contributed by atoms with Gasteiger partial charge < -0.3 is 5.32 Å². The van der Waals surface area contributed by atoms with Gasteiger partial charge in [-0.2, -0.15) is 0 Å². The molecule has 70 valence electrons. The summed E-state index contributed by atoms with van der Waals surface area (Å²) in [7, 11) is 0. The minimum atomic E-state index is 0.122. The molecule has 1 rings (SSSR count). The Morgan fingerprint density at radius 1 is 1.50 bits per heavy atom. The Morgan fingerprint density at radius 3 is 2.75 bits per heavy atom. The Balaban J connectivity index is 2.41. The highest BCUT2D eigenvalue weighted by Gasteiger charge is 2.24. The first-order valence-electron chi connectivity index (χ1n) is 4.57. The maximum absolute atomic E-state index is 10.9. The summed E-state index contributed by atoms with van der Waals surface area (Å²) in [5.74, 6) is 0.833. The monoisotopic (exact) mass is 281 g/mol. The topological polar surface area (TPSA) is 29.1 Å². The highest BCUT2D eigenvalue weighted by atomic mass is 127. The normalized spacial score (nSPS) is 29.8. The summed E-state index contributed by atoms with van der Waals surface area (Å²) < 4.78 is 1.17. The van der Waals surface area contributed by atoms with Crippen LogP contribution in [-0.4, -0.2) is 16.4 Å². The van der Waals surface area contributed by atoms with Crippen molar-refractivity contribution in [1.29, 1.82) is 0 Å². The smallest absolute Gasteiger partial charge is 0.217 e. The van der Waals surface area contributed by atoms with Gasteiger partial charge in [0, 0.05) is 17.4 Å². The SMILES string of the molecule is CC(=O)NC1CCCCC1CI. The molecule has 1 N–H and O–H groups in total. The summed E-state index contributed by atoms with van der Waals surface area (Å²) in [6, 6.07) is 0.452. The number of carbonyl (C=O) groups is 1. The highest BCUT2D eigenvalue weighted by molar-refractivity contribution is 14.1. The number of hydrogen-bond donors (Lipinski definition) is 1. The number of amides is 1. The van der Waals surface area contributed by atoms with Gasteiger partial charge in [0.2, 0.25) is 5.91 Å². The average Bonchev–Trinajstić information content (AvgIpc) is 2.04. The molecule has 2 unspecified atom stereocenters. The lowest BCUT2D eigenvalue weighted by atomic mass is 9.86. The van der Waals surface area contributed by atoms with E-state index in [-0.39, 0.29) is 5.91 Å². The van der Waals surface area contributed by atoms with E-state index in [9.17, 15) is 4.79 Å².